The summed E-state index contributed by atoms with van der Waals surface area (Å²) in [5, 5.41) is 21.9. The van der Waals surface area contributed by atoms with Gasteiger partial charge < -0.3 is 10.1 Å². The summed E-state index contributed by atoms with van der Waals surface area (Å²) in [4.78, 5) is 22.0. The molecule has 0 radical (unpaired) electrons. The summed E-state index contributed by atoms with van der Waals surface area (Å²) in [5.41, 5.74) is -0.102. The minimum atomic E-state index is -4.22. The average molecular weight is 463 g/mol. The fraction of sp³-hybridized carbons (Fsp3) is 0.167. The van der Waals surface area contributed by atoms with Gasteiger partial charge in [0.15, 0.2) is 4.90 Å². The van der Waals surface area contributed by atoms with E-state index in [0.29, 0.717) is 22.7 Å². The summed E-state index contributed by atoms with van der Waals surface area (Å²) in [7, 11) is -2.71. The number of nitrogens with zero attached hydrogens (tertiary/aromatic N) is 3. The van der Waals surface area contributed by atoms with Crippen molar-refractivity contribution in [3.63, 3.8) is 0 Å². The Labute approximate surface area is 181 Å². The van der Waals surface area contributed by atoms with Crippen molar-refractivity contribution < 1.29 is 22.9 Å². The molecule has 162 valence electrons. The number of carbonyl (C=O) groups is 1. The lowest BCUT2D eigenvalue weighted by Crippen LogP contribution is -2.25. The Bertz CT molecular complexity index is 1210. The molecule has 0 spiro atoms. The molecule has 3 rings (SSSR count). The van der Waals surface area contributed by atoms with Crippen LogP contribution in [0.3, 0.4) is 0 Å². The van der Waals surface area contributed by atoms with Crippen LogP contribution in [0.1, 0.15) is 15.4 Å². The van der Waals surface area contributed by atoms with Gasteiger partial charge in [0, 0.05) is 24.6 Å². The Balaban J connectivity index is 1.60. The van der Waals surface area contributed by atoms with Crippen LogP contribution in [0, 0.1) is 10.1 Å². The van der Waals surface area contributed by atoms with E-state index >= 15 is 0 Å². The first-order chi connectivity index (χ1) is 14.8. The topological polar surface area (TPSA) is 153 Å². The minimum Gasteiger partial charge on any atom is -0.497 e. The molecular weight excluding hydrogens is 446 g/mol. The van der Waals surface area contributed by atoms with Crippen molar-refractivity contribution in [2.45, 2.75) is 11.3 Å². The lowest BCUT2D eigenvalue weighted by atomic mass is 10.2. The Morgan fingerprint density at radius 3 is 2.71 bits per heavy atom. The summed E-state index contributed by atoms with van der Waals surface area (Å²) >= 11 is 0.969. The fourth-order valence-electron chi connectivity index (χ4n) is 2.55. The number of anilines is 1. The first-order valence-electron chi connectivity index (χ1n) is 8.81. The van der Waals surface area contributed by atoms with Gasteiger partial charge in [0.2, 0.25) is 5.13 Å². The molecule has 2 aromatic carbocycles. The molecule has 1 amide bonds. The molecule has 13 heteroatoms. The van der Waals surface area contributed by atoms with E-state index in [4.69, 9.17) is 4.74 Å². The first-order valence-corrected chi connectivity index (χ1v) is 11.1. The van der Waals surface area contributed by atoms with E-state index < -0.39 is 25.5 Å². The Morgan fingerprint density at radius 2 is 1.97 bits per heavy atom. The number of hydrogen-bond acceptors (Lipinski definition) is 9. The van der Waals surface area contributed by atoms with Gasteiger partial charge in [-0.2, -0.15) is 0 Å². The second kappa shape index (κ2) is 9.49. The van der Waals surface area contributed by atoms with Gasteiger partial charge in [-0.15, -0.1) is 10.2 Å². The highest BCUT2D eigenvalue weighted by atomic mass is 32.2. The highest BCUT2D eigenvalue weighted by Gasteiger charge is 2.26. The van der Waals surface area contributed by atoms with E-state index in [1.165, 1.54) is 19.2 Å². The summed E-state index contributed by atoms with van der Waals surface area (Å²) < 4.78 is 32.3. The number of aromatic nitrogens is 2. The zero-order valence-corrected chi connectivity index (χ0v) is 17.8. The molecule has 0 aliphatic heterocycles. The van der Waals surface area contributed by atoms with Crippen molar-refractivity contribution >= 4 is 38.1 Å². The largest absolute Gasteiger partial charge is 0.497 e. The van der Waals surface area contributed by atoms with E-state index in [0.717, 1.165) is 23.5 Å². The Morgan fingerprint density at radius 1 is 1.19 bits per heavy atom. The second-order valence-electron chi connectivity index (χ2n) is 6.07. The maximum Gasteiger partial charge on any atom is 0.289 e. The minimum absolute atomic E-state index is 0.0349. The van der Waals surface area contributed by atoms with Crippen molar-refractivity contribution in [2.24, 2.45) is 0 Å². The number of methoxy groups -OCH3 is 1. The normalized spacial score (nSPS) is 11.0. The number of carbonyl (C=O) groups excluding carboxylic acids is 1. The Kier molecular flexibility index (Phi) is 6.77. The van der Waals surface area contributed by atoms with Gasteiger partial charge in [0.05, 0.1) is 12.0 Å². The van der Waals surface area contributed by atoms with Gasteiger partial charge in [-0.25, -0.2) is 8.42 Å². The highest BCUT2D eigenvalue weighted by Crippen LogP contribution is 2.26. The van der Waals surface area contributed by atoms with Crippen LogP contribution in [0.4, 0.5) is 10.8 Å². The monoisotopic (exact) mass is 463 g/mol. The lowest BCUT2D eigenvalue weighted by molar-refractivity contribution is -0.387. The number of sulfonamides is 1. The molecule has 0 fully saturated rings. The van der Waals surface area contributed by atoms with Gasteiger partial charge in [0.1, 0.15) is 10.8 Å². The van der Waals surface area contributed by atoms with Gasteiger partial charge in [0.25, 0.3) is 21.6 Å². The van der Waals surface area contributed by atoms with Gasteiger partial charge in [-0.05, 0) is 24.3 Å². The average Bonchev–Trinajstić information content (AvgIpc) is 3.20. The number of para-hydroxylation sites is 1. The summed E-state index contributed by atoms with van der Waals surface area (Å²) in [5.74, 6) is 0.271. The van der Waals surface area contributed by atoms with E-state index in [2.05, 4.69) is 20.2 Å². The van der Waals surface area contributed by atoms with Gasteiger partial charge in [-0.3, -0.25) is 19.6 Å². The van der Waals surface area contributed by atoms with Crippen molar-refractivity contribution in [2.75, 3.05) is 18.4 Å². The fourth-order valence-corrected chi connectivity index (χ4v) is 4.69. The zero-order chi connectivity index (χ0) is 22.4. The molecule has 1 heterocycles. The van der Waals surface area contributed by atoms with E-state index in [-0.39, 0.29) is 17.6 Å². The molecular formula is C18H17N5O6S2. The number of ether oxygens (including phenoxy) is 1. The quantitative estimate of drug-likeness (QED) is 0.362. The number of benzene rings is 2. The van der Waals surface area contributed by atoms with Crippen LogP contribution in [0.25, 0.3) is 0 Å². The number of nitro groups is 1. The summed E-state index contributed by atoms with van der Waals surface area (Å²) in [6, 6.07) is 11.7. The van der Waals surface area contributed by atoms with Crippen LogP contribution in [0.15, 0.2) is 53.4 Å². The smallest absolute Gasteiger partial charge is 0.289 e. The highest BCUT2D eigenvalue weighted by molar-refractivity contribution is 7.93. The van der Waals surface area contributed by atoms with Crippen LogP contribution in [-0.4, -0.2) is 43.1 Å². The number of nitro benzene ring substituents is 1. The molecule has 0 aliphatic carbocycles. The molecule has 0 aliphatic rings. The van der Waals surface area contributed by atoms with E-state index in [1.807, 2.05) is 0 Å². The first kappa shape index (κ1) is 22.1. The molecule has 3 aromatic rings. The second-order valence-corrected chi connectivity index (χ2v) is 8.78. The van der Waals surface area contributed by atoms with Crippen LogP contribution in [-0.2, 0) is 16.4 Å². The van der Waals surface area contributed by atoms with Gasteiger partial charge >= 0.3 is 0 Å². The standard InChI is InChI=1S/C18H17N5O6S2/c1-29-13-6-4-5-12(11-13)17(24)19-10-9-16-20-21-18(30-16)22-31(27,28)15-8-3-2-7-14(15)23(25)26/h2-8,11H,9-10H2,1H3,(H,19,24)(H,21,22). The summed E-state index contributed by atoms with van der Waals surface area (Å²) in [6.45, 7) is 0.252. The third-order valence-electron chi connectivity index (χ3n) is 4.00. The number of amides is 1. The lowest BCUT2D eigenvalue weighted by Gasteiger charge is -2.05. The van der Waals surface area contributed by atoms with E-state index in [9.17, 15) is 23.3 Å². The predicted octanol–water partition coefficient (Wildman–Crippen LogP) is 2.23. The SMILES string of the molecule is COc1cccc(C(=O)NCCc2nnc(NS(=O)(=O)c3ccccc3[N+](=O)[O-])s2)c1. The molecule has 0 saturated carbocycles. The van der Waals surface area contributed by atoms with Crippen LogP contribution >= 0.6 is 11.3 Å². The van der Waals surface area contributed by atoms with Crippen molar-refractivity contribution in [3.05, 3.63) is 69.2 Å². The van der Waals surface area contributed by atoms with Crippen LogP contribution in [0.2, 0.25) is 0 Å². The van der Waals surface area contributed by atoms with Crippen LogP contribution in [0.5, 0.6) is 5.75 Å². The number of rotatable bonds is 9. The summed E-state index contributed by atoms with van der Waals surface area (Å²) in [6.07, 6.45) is 0.320. The number of hydrogen-bond donors (Lipinski definition) is 2. The molecule has 0 bridgehead atoms. The molecule has 0 atom stereocenters. The van der Waals surface area contributed by atoms with Crippen molar-refractivity contribution in [3.8, 4) is 5.75 Å². The number of nitrogens with one attached hydrogen (secondary N) is 2. The third-order valence-corrected chi connectivity index (χ3v) is 6.41. The molecule has 0 unspecified atom stereocenters. The molecule has 31 heavy (non-hydrogen) atoms. The van der Waals surface area contributed by atoms with Crippen molar-refractivity contribution in [1.29, 1.82) is 0 Å². The molecule has 11 nitrogen and oxygen atoms in total. The maximum absolute atomic E-state index is 12.5. The zero-order valence-electron chi connectivity index (χ0n) is 16.1. The predicted molar refractivity (Wildman–Crippen MR) is 113 cm³/mol. The maximum atomic E-state index is 12.5. The van der Waals surface area contributed by atoms with Crippen molar-refractivity contribution in [1.82, 2.24) is 15.5 Å². The Hall–Kier alpha value is -3.58. The van der Waals surface area contributed by atoms with Gasteiger partial charge in [-0.1, -0.05) is 29.5 Å². The molecule has 0 saturated heterocycles. The molecule has 2 N–H and O–H groups in total. The third kappa shape index (κ3) is 5.52. The molecule has 1 aromatic heterocycles. The van der Waals surface area contributed by atoms with E-state index in [1.54, 1.807) is 24.3 Å². The van der Waals surface area contributed by atoms with Crippen LogP contribution < -0.4 is 14.8 Å².